The summed E-state index contributed by atoms with van der Waals surface area (Å²) in [4.78, 5) is 15.2. The van der Waals surface area contributed by atoms with Crippen LogP contribution in [0.25, 0.3) is 6.08 Å². The fraction of sp³-hybridized carbons (Fsp3) is 0.292. The topological polar surface area (TPSA) is 68.2 Å². The van der Waals surface area contributed by atoms with Crippen molar-refractivity contribution >= 4 is 11.9 Å². The lowest BCUT2D eigenvalue weighted by molar-refractivity contribution is 0.0336. The quantitative estimate of drug-likeness (QED) is 0.788. The van der Waals surface area contributed by atoms with E-state index in [9.17, 15) is 9.90 Å². The van der Waals surface area contributed by atoms with Crippen molar-refractivity contribution in [2.75, 3.05) is 26.3 Å². The Morgan fingerprint density at radius 2 is 1.97 bits per heavy atom. The summed E-state index contributed by atoms with van der Waals surface area (Å²) < 4.78 is 17.4. The summed E-state index contributed by atoms with van der Waals surface area (Å²) in [6.07, 6.45) is 3.56. The van der Waals surface area contributed by atoms with Gasteiger partial charge in [0.25, 0.3) is 0 Å². The van der Waals surface area contributed by atoms with Crippen molar-refractivity contribution in [2.45, 2.75) is 19.6 Å². The predicted octanol–water partition coefficient (Wildman–Crippen LogP) is 3.55. The summed E-state index contributed by atoms with van der Waals surface area (Å²) in [7, 11) is 0. The lowest BCUT2D eigenvalue weighted by atomic mass is 10.0. The number of phenols is 1. The first-order valence-corrected chi connectivity index (χ1v) is 10.2. The molecule has 3 heterocycles. The number of nitrogens with zero attached hydrogens (tertiary/aromatic N) is 1. The highest BCUT2D eigenvalue weighted by Gasteiger charge is 2.33. The second-order valence-corrected chi connectivity index (χ2v) is 7.71. The zero-order chi connectivity index (χ0) is 20.7. The van der Waals surface area contributed by atoms with Gasteiger partial charge < -0.3 is 19.3 Å². The van der Waals surface area contributed by atoms with Gasteiger partial charge in [0.2, 0.25) is 5.78 Å². The van der Waals surface area contributed by atoms with Gasteiger partial charge in [-0.2, -0.15) is 0 Å². The molecule has 1 saturated heterocycles. The average molecular weight is 405 g/mol. The number of aromatic hydroxyl groups is 1. The molecule has 6 heteroatoms. The zero-order valence-corrected chi connectivity index (χ0v) is 16.8. The van der Waals surface area contributed by atoms with Crippen molar-refractivity contribution in [1.82, 2.24) is 4.90 Å². The number of hydrogen-bond acceptors (Lipinski definition) is 6. The number of fused-ring (bicyclic) bond motifs is 2. The largest absolute Gasteiger partial charge is 0.507 e. The molecule has 3 aliphatic rings. The number of benzene rings is 2. The summed E-state index contributed by atoms with van der Waals surface area (Å²) in [6, 6.07) is 11.0. The second-order valence-electron chi connectivity index (χ2n) is 7.71. The van der Waals surface area contributed by atoms with Gasteiger partial charge >= 0.3 is 0 Å². The first-order valence-electron chi connectivity index (χ1n) is 10.2. The van der Waals surface area contributed by atoms with Crippen LogP contribution < -0.4 is 9.47 Å². The molecule has 0 aromatic heterocycles. The SMILES string of the molecule is CC1Oc2ccccc2C=C1C=C1Oc2c(ccc(O)c2CN2CCOCC2)C1=O. The normalized spacial score (nSPS) is 22.2. The van der Waals surface area contributed by atoms with Crippen molar-refractivity contribution in [2.24, 2.45) is 0 Å². The Morgan fingerprint density at radius 3 is 2.80 bits per heavy atom. The summed E-state index contributed by atoms with van der Waals surface area (Å²) in [5.74, 6) is 1.48. The number of allylic oxidation sites excluding steroid dienone is 1. The van der Waals surface area contributed by atoms with E-state index in [2.05, 4.69) is 4.90 Å². The fourth-order valence-corrected chi connectivity index (χ4v) is 4.01. The second kappa shape index (κ2) is 7.63. The summed E-state index contributed by atoms with van der Waals surface area (Å²) in [5.41, 5.74) is 2.95. The molecule has 0 spiro atoms. The summed E-state index contributed by atoms with van der Waals surface area (Å²) in [6.45, 7) is 5.33. The van der Waals surface area contributed by atoms with Gasteiger partial charge in [-0.05, 0) is 42.8 Å². The third-order valence-corrected chi connectivity index (χ3v) is 5.71. The Balaban J connectivity index is 1.46. The zero-order valence-electron chi connectivity index (χ0n) is 16.8. The van der Waals surface area contributed by atoms with Crippen LogP contribution in [0, 0.1) is 0 Å². The molecule has 1 N–H and O–H groups in total. The van der Waals surface area contributed by atoms with Crippen LogP contribution >= 0.6 is 0 Å². The van der Waals surface area contributed by atoms with Gasteiger partial charge in [-0.25, -0.2) is 0 Å². The van der Waals surface area contributed by atoms with Gasteiger partial charge in [0.15, 0.2) is 5.76 Å². The number of para-hydroxylation sites is 1. The van der Waals surface area contributed by atoms with E-state index in [0.717, 1.165) is 30.0 Å². The van der Waals surface area contributed by atoms with Gasteiger partial charge in [-0.1, -0.05) is 18.2 Å². The minimum atomic E-state index is -0.200. The predicted molar refractivity (Wildman–Crippen MR) is 112 cm³/mol. The van der Waals surface area contributed by atoms with Crippen molar-refractivity contribution in [3.63, 3.8) is 0 Å². The highest BCUT2D eigenvalue weighted by atomic mass is 16.5. The monoisotopic (exact) mass is 405 g/mol. The lowest BCUT2D eigenvalue weighted by Gasteiger charge is -2.27. The molecule has 0 bridgehead atoms. The Labute approximate surface area is 175 Å². The van der Waals surface area contributed by atoms with E-state index in [0.29, 0.717) is 36.6 Å². The molecule has 1 unspecified atom stereocenters. The maximum Gasteiger partial charge on any atom is 0.231 e. The lowest BCUT2D eigenvalue weighted by Crippen LogP contribution is -2.35. The van der Waals surface area contributed by atoms with Crippen LogP contribution in [0.5, 0.6) is 17.2 Å². The van der Waals surface area contributed by atoms with E-state index in [4.69, 9.17) is 14.2 Å². The number of morpholine rings is 1. The molecule has 5 rings (SSSR count). The minimum Gasteiger partial charge on any atom is -0.507 e. The molecular weight excluding hydrogens is 382 g/mol. The molecule has 6 nitrogen and oxygen atoms in total. The van der Waals surface area contributed by atoms with E-state index in [1.165, 1.54) is 0 Å². The maximum absolute atomic E-state index is 13.0. The molecule has 0 amide bonds. The van der Waals surface area contributed by atoms with Crippen molar-refractivity contribution in [3.8, 4) is 17.2 Å². The average Bonchev–Trinajstić information content (AvgIpc) is 3.07. The highest BCUT2D eigenvalue weighted by Crippen LogP contribution is 2.40. The molecule has 0 saturated carbocycles. The fourth-order valence-electron chi connectivity index (χ4n) is 4.01. The van der Waals surface area contributed by atoms with Gasteiger partial charge in [-0.15, -0.1) is 0 Å². The molecule has 30 heavy (non-hydrogen) atoms. The van der Waals surface area contributed by atoms with Crippen LogP contribution in [0.1, 0.15) is 28.4 Å². The molecule has 0 aliphatic carbocycles. The third kappa shape index (κ3) is 3.38. The number of ether oxygens (including phenoxy) is 3. The molecular formula is C24H23NO5. The van der Waals surface area contributed by atoms with Gasteiger partial charge in [0.05, 0.1) is 24.3 Å². The van der Waals surface area contributed by atoms with Crippen molar-refractivity contribution in [3.05, 3.63) is 70.5 Å². The standard InChI is InChI=1S/C24H23NO5/c1-15-17(12-16-4-2-3-5-21(16)29-15)13-22-23(27)18-6-7-20(26)19(24(18)30-22)14-25-8-10-28-11-9-25/h2-7,12-13,15,26H,8-11,14H2,1H3. The Bertz CT molecular complexity index is 1070. The number of ketones is 1. The van der Waals surface area contributed by atoms with Crippen LogP contribution in [0.2, 0.25) is 0 Å². The molecule has 0 radical (unpaired) electrons. The van der Waals surface area contributed by atoms with E-state index in [1.807, 2.05) is 37.3 Å². The molecule has 1 fully saturated rings. The number of hydrogen-bond donors (Lipinski definition) is 1. The van der Waals surface area contributed by atoms with Crippen LogP contribution in [0.3, 0.4) is 0 Å². The van der Waals surface area contributed by atoms with E-state index < -0.39 is 0 Å². The summed E-state index contributed by atoms with van der Waals surface area (Å²) >= 11 is 0. The van der Waals surface area contributed by atoms with Gasteiger partial charge in [0.1, 0.15) is 23.4 Å². The first kappa shape index (κ1) is 18.9. The number of carbonyl (C=O) groups excluding carboxylic acids is 1. The van der Waals surface area contributed by atoms with Crippen LogP contribution in [-0.4, -0.2) is 48.2 Å². The van der Waals surface area contributed by atoms with E-state index >= 15 is 0 Å². The Kier molecular flexibility index (Phi) is 4.81. The van der Waals surface area contributed by atoms with Crippen molar-refractivity contribution < 1.29 is 24.1 Å². The number of carbonyl (C=O) groups is 1. The van der Waals surface area contributed by atoms with Crippen LogP contribution in [0.15, 0.2) is 53.8 Å². The van der Waals surface area contributed by atoms with Crippen LogP contribution in [-0.2, 0) is 11.3 Å². The highest BCUT2D eigenvalue weighted by molar-refractivity contribution is 6.13. The minimum absolute atomic E-state index is 0.136. The molecule has 3 aliphatic heterocycles. The van der Waals surface area contributed by atoms with Gasteiger partial charge in [0, 0.05) is 25.2 Å². The Hall–Kier alpha value is -3.09. The van der Waals surface area contributed by atoms with Gasteiger partial charge in [-0.3, -0.25) is 9.69 Å². The number of Topliss-reactive ketones (excluding diaryl/α,β-unsaturated/α-hetero) is 1. The third-order valence-electron chi connectivity index (χ3n) is 5.71. The summed E-state index contributed by atoms with van der Waals surface area (Å²) in [5, 5.41) is 10.5. The van der Waals surface area contributed by atoms with Crippen LogP contribution in [0.4, 0.5) is 0 Å². The molecule has 1 atom stereocenters. The van der Waals surface area contributed by atoms with E-state index in [-0.39, 0.29) is 23.4 Å². The Morgan fingerprint density at radius 1 is 1.17 bits per heavy atom. The first-order chi connectivity index (χ1) is 14.6. The van der Waals surface area contributed by atoms with Crippen molar-refractivity contribution in [1.29, 1.82) is 0 Å². The van der Waals surface area contributed by atoms with E-state index in [1.54, 1.807) is 18.2 Å². The molecule has 2 aromatic carbocycles. The number of phenolic OH excluding ortho intramolecular Hbond substituents is 1. The molecule has 154 valence electrons. The number of rotatable bonds is 3. The maximum atomic E-state index is 13.0. The smallest absolute Gasteiger partial charge is 0.231 e. The molecule has 2 aromatic rings.